The Morgan fingerprint density at radius 3 is 2.57 bits per heavy atom. The third kappa shape index (κ3) is 2.76. The van der Waals surface area contributed by atoms with Gasteiger partial charge < -0.3 is 25.3 Å². The second kappa shape index (κ2) is 7.00. The van der Waals surface area contributed by atoms with Crippen molar-refractivity contribution in [2.24, 2.45) is 5.73 Å². The minimum absolute atomic E-state index is 0.254. The highest BCUT2D eigenvalue weighted by molar-refractivity contribution is 5.98. The second-order valence-electron chi connectivity index (χ2n) is 7.39. The van der Waals surface area contributed by atoms with Crippen molar-refractivity contribution < 1.29 is 0 Å². The van der Waals surface area contributed by atoms with Gasteiger partial charge in [-0.2, -0.15) is 0 Å². The van der Waals surface area contributed by atoms with Crippen LogP contribution in [0.2, 0.25) is 0 Å². The number of H-pyrrole nitrogens is 3. The third-order valence-corrected chi connectivity index (χ3v) is 5.56. The van der Waals surface area contributed by atoms with Crippen LogP contribution in [0, 0.1) is 0 Å². The molecule has 0 radical (unpaired) electrons. The van der Waals surface area contributed by atoms with Crippen LogP contribution in [0.5, 0.6) is 0 Å². The van der Waals surface area contributed by atoms with Gasteiger partial charge in [0.05, 0.1) is 22.1 Å². The molecule has 3 heterocycles. The van der Waals surface area contributed by atoms with Crippen LogP contribution in [0.15, 0.2) is 46.0 Å². The highest BCUT2D eigenvalue weighted by Crippen LogP contribution is 2.34. The zero-order chi connectivity index (χ0) is 20.8. The Hall–Kier alpha value is -3.65. The van der Waals surface area contributed by atoms with Gasteiger partial charge in [0.15, 0.2) is 0 Å². The molecule has 8 heteroatoms. The number of nitrogens with one attached hydrogen (secondary N) is 3. The average Bonchev–Trinajstić information content (AvgIpc) is 3.26. The lowest BCUT2D eigenvalue weighted by Gasteiger charge is -2.10. The minimum atomic E-state index is -0.292. The Kier molecular flexibility index (Phi) is 4.29. The molecule has 2 aromatic carbocycles. The SMILES string of the molecule is CCc1c(-c2nc3cc4[nH]c(=O)[nH]c4cc3[nH]c2=O)c2ccccc2n1CCCN. The molecule has 0 saturated heterocycles. The molecule has 0 aliphatic rings. The molecule has 5 N–H and O–H groups in total. The summed E-state index contributed by atoms with van der Waals surface area (Å²) in [5.41, 5.74) is 11.1. The monoisotopic (exact) mass is 402 g/mol. The number of benzene rings is 2. The molecule has 0 bridgehead atoms. The smallest absolute Gasteiger partial charge is 0.323 e. The van der Waals surface area contributed by atoms with Gasteiger partial charge in [-0.25, -0.2) is 9.78 Å². The maximum absolute atomic E-state index is 13.1. The van der Waals surface area contributed by atoms with Gasteiger partial charge in [-0.3, -0.25) is 4.79 Å². The predicted molar refractivity (Wildman–Crippen MR) is 119 cm³/mol. The summed E-state index contributed by atoms with van der Waals surface area (Å²) in [6.07, 6.45) is 1.61. The number of fused-ring (bicyclic) bond motifs is 3. The Balaban J connectivity index is 1.82. The van der Waals surface area contributed by atoms with E-state index in [2.05, 4.69) is 32.5 Å². The number of imidazole rings is 1. The number of para-hydroxylation sites is 1. The van der Waals surface area contributed by atoms with Crippen LogP contribution in [0.4, 0.5) is 0 Å². The highest BCUT2D eigenvalue weighted by atomic mass is 16.1. The number of hydrogen-bond donors (Lipinski definition) is 4. The number of aryl methyl sites for hydroxylation is 1. The number of nitrogens with two attached hydrogens (primary N) is 1. The third-order valence-electron chi connectivity index (χ3n) is 5.56. The van der Waals surface area contributed by atoms with Crippen molar-refractivity contribution in [2.45, 2.75) is 26.3 Å². The van der Waals surface area contributed by atoms with E-state index >= 15 is 0 Å². The number of aromatic amines is 3. The summed E-state index contributed by atoms with van der Waals surface area (Å²) in [6, 6.07) is 11.6. The Bertz CT molecular complexity index is 1520. The summed E-state index contributed by atoms with van der Waals surface area (Å²) >= 11 is 0. The summed E-state index contributed by atoms with van der Waals surface area (Å²) in [4.78, 5) is 37.8. The standard InChI is InChI=1S/C22H22N6O2/c1-2-17-19(12-6-3-4-7-18(12)28(17)9-5-8-23)20-21(29)25-14-11-16-15(10-13(14)24-20)26-22(30)27-16/h3-4,6-7,10-11H,2,5,8-9,23H2,1H3,(H,25,29)(H2,26,27,30). The maximum atomic E-state index is 13.1. The van der Waals surface area contributed by atoms with E-state index in [0.29, 0.717) is 34.3 Å². The van der Waals surface area contributed by atoms with Gasteiger partial charge in [0.1, 0.15) is 5.69 Å². The van der Waals surface area contributed by atoms with Crippen LogP contribution >= 0.6 is 0 Å². The summed E-state index contributed by atoms with van der Waals surface area (Å²) in [7, 11) is 0. The summed E-state index contributed by atoms with van der Waals surface area (Å²) < 4.78 is 2.25. The lowest BCUT2D eigenvalue weighted by molar-refractivity contribution is 0.647. The molecule has 8 nitrogen and oxygen atoms in total. The van der Waals surface area contributed by atoms with Crippen LogP contribution in [0.3, 0.4) is 0 Å². The molecule has 5 rings (SSSR count). The molecular formula is C22H22N6O2. The van der Waals surface area contributed by atoms with Gasteiger partial charge in [0.2, 0.25) is 0 Å². The van der Waals surface area contributed by atoms with Crippen LogP contribution in [-0.4, -0.2) is 31.0 Å². The zero-order valence-corrected chi connectivity index (χ0v) is 16.6. The summed E-state index contributed by atoms with van der Waals surface area (Å²) in [6.45, 7) is 3.47. The summed E-state index contributed by atoms with van der Waals surface area (Å²) in [5, 5.41) is 1.000. The van der Waals surface area contributed by atoms with E-state index < -0.39 is 0 Å². The molecule has 0 saturated carbocycles. The fourth-order valence-electron chi connectivity index (χ4n) is 4.28. The first-order valence-electron chi connectivity index (χ1n) is 10.1. The lowest BCUT2D eigenvalue weighted by Crippen LogP contribution is -2.13. The molecule has 0 unspecified atom stereocenters. The fraction of sp³-hybridized carbons (Fsp3) is 0.227. The molecule has 0 spiro atoms. The van der Waals surface area contributed by atoms with Crippen molar-refractivity contribution in [3.05, 3.63) is 62.9 Å². The topological polar surface area (TPSA) is 125 Å². The van der Waals surface area contributed by atoms with Crippen LogP contribution in [0.25, 0.3) is 44.2 Å². The van der Waals surface area contributed by atoms with E-state index in [4.69, 9.17) is 10.7 Å². The van der Waals surface area contributed by atoms with Crippen molar-refractivity contribution in [2.75, 3.05) is 6.54 Å². The van der Waals surface area contributed by atoms with Crippen LogP contribution in [0.1, 0.15) is 19.0 Å². The average molecular weight is 402 g/mol. The normalized spacial score (nSPS) is 11.8. The first kappa shape index (κ1) is 18.4. The van der Waals surface area contributed by atoms with Gasteiger partial charge in [-0.1, -0.05) is 25.1 Å². The first-order valence-corrected chi connectivity index (χ1v) is 10.1. The molecule has 3 aromatic heterocycles. The van der Waals surface area contributed by atoms with E-state index in [0.717, 1.165) is 41.5 Å². The van der Waals surface area contributed by atoms with Gasteiger partial charge in [0.25, 0.3) is 5.56 Å². The largest absolute Gasteiger partial charge is 0.344 e. The van der Waals surface area contributed by atoms with Gasteiger partial charge in [0, 0.05) is 28.7 Å². The Morgan fingerprint density at radius 2 is 1.80 bits per heavy atom. The minimum Gasteiger partial charge on any atom is -0.344 e. The van der Waals surface area contributed by atoms with E-state index in [1.165, 1.54) is 0 Å². The number of hydrogen-bond acceptors (Lipinski definition) is 4. The molecule has 5 aromatic rings. The molecule has 0 fully saturated rings. The quantitative estimate of drug-likeness (QED) is 0.360. The van der Waals surface area contributed by atoms with Gasteiger partial charge >= 0.3 is 5.69 Å². The van der Waals surface area contributed by atoms with E-state index in [1.807, 2.05) is 18.2 Å². The van der Waals surface area contributed by atoms with Crippen LogP contribution in [-0.2, 0) is 13.0 Å². The van der Waals surface area contributed by atoms with E-state index in [1.54, 1.807) is 12.1 Å². The summed E-state index contributed by atoms with van der Waals surface area (Å²) in [5.74, 6) is 0. The zero-order valence-electron chi connectivity index (χ0n) is 16.6. The fourth-order valence-corrected chi connectivity index (χ4v) is 4.28. The number of aromatic nitrogens is 5. The molecule has 0 aliphatic heterocycles. The Morgan fingerprint density at radius 1 is 1.03 bits per heavy atom. The van der Waals surface area contributed by atoms with Crippen molar-refractivity contribution in [1.29, 1.82) is 0 Å². The molecule has 152 valence electrons. The number of nitrogens with zero attached hydrogens (tertiary/aromatic N) is 2. The van der Waals surface area contributed by atoms with Crippen molar-refractivity contribution in [3.63, 3.8) is 0 Å². The van der Waals surface area contributed by atoms with Gasteiger partial charge in [-0.15, -0.1) is 0 Å². The Labute approximate surface area is 170 Å². The number of rotatable bonds is 5. The first-order chi connectivity index (χ1) is 14.6. The van der Waals surface area contributed by atoms with Crippen molar-refractivity contribution in [1.82, 2.24) is 24.5 Å². The van der Waals surface area contributed by atoms with E-state index in [-0.39, 0.29) is 11.2 Å². The second-order valence-corrected chi connectivity index (χ2v) is 7.39. The molecule has 0 atom stereocenters. The molecular weight excluding hydrogens is 380 g/mol. The molecule has 30 heavy (non-hydrogen) atoms. The molecule has 0 amide bonds. The molecule has 0 aliphatic carbocycles. The van der Waals surface area contributed by atoms with E-state index in [9.17, 15) is 9.59 Å². The lowest BCUT2D eigenvalue weighted by atomic mass is 10.1. The maximum Gasteiger partial charge on any atom is 0.323 e. The van der Waals surface area contributed by atoms with Gasteiger partial charge in [-0.05, 0) is 37.6 Å². The van der Waals surface area contributed by atoms with Crippen molar-refractivity contribution in [3.8, 4) is 11.3 Å². The van der Waals surface area contributed by atoms with Crippen LogP contribution < -0.4 is 17.0 Å². The highest BCUT2D eigenvalue weighted by Gasteiger charge is 2.21. The van der Waals surface area contributed by atoms with Crippen molar-refractivity contribution >= 4 is 33.0 Å². The predicted octanol–water partition coefficient (Wildman–Crippen LogP) is 2.63.